The van der Waals surface area contributed by atoms with Gasteiger partial charge in [0, 0.05) is 45.8 Å². The molecule has 3 rings (SSSR count). The Morgan fingerprint density at radius 2 is 2.17 bits per heavy atom. The van der Waals surface area contributed by atoms with Gasteiger partial charge in [0.05, 0.1) is 13.2 Å². The second-order valence-electron chi connectivity index (χ2n) is 6.07. The van der Waals surface area contributed by atoms with Gasteiger partial charge in [-0.2, -0.15) is 0 Å². The first-order chi connectivity index (χ1) is 11.3. The average molecular weight is 320 g/mol. The highest BCUT2D eigenvalue weighted by Gasteiger charge is 2.30. The number of hydrogen-bond acceptors (Lipinski definition) is 3. The number of nitrogens with one attached hydrogen (secondary N) is 1. The van der Waals surface area contributed by atoms with E-state index in [1.54, 1.807) is 19.2 Å². The summed E-state index contributed by atoms with van der Waals surface area (Å²) in [6.45, 7) is 6.30. The van der Waals surface area contributed by atoms with E-state index in [0.29, 0.717) is 12.6 Å². The number of guanidine groups is 1. The third-order valence-electron chi connectivity index (χ3n) is 4.58. The predicted octanol–water partition coefficient (Wildman–Crippen LogP) is 1.31. The van der Waals surface area contributed by atoms with Crippen LogP contribution in [0.5, 0.6) is 0 Å². The molecule has 0 aromatic heterocycles. The molecule has 2 fully saturated rings. The molecule has 1 unspecified atom stereocenters. The molecule has 2 aliphatic heterocycles. The Morgan fingerprint density at radius 3 is 2.91 bits per heavy atom. The Kier molecular flexibility index (Phi) is 5.46. The van der Waals surface area contributed by atoms with Crippen molar-refractivity contribution in [2.24, 2.45) is 4.99 Å². The van der Waals surface area contributed by atoms with E-state index in [9.17, 15) is 4.39 Å². The molecule has 2 saturated heterocycles. The molecule has 1 aromatic rings. The second kappa shape index (κ2) is 7.75. The maximum Gasteiger partial charge on any atom is 0.193 e. The van der Waals surface area contributed by atoms with Gasteiger partial charge in [-0.1, -0.05) is 12.1 Å². The Balaban J connectivity index is 1.53. The number of aliphatic imine (C=N–C) groups is 1. The van der Waals surface area contributed by atoms with Crippen LogP contribution in [0.3, 0.4) is 0 Å². The van der Waals surface area contributed by atoms with Crippen LogP contribution in [0.1, 0.15) is 12.0 Å². The molecule has 5 nitrogen and oxygen atoms in total. The van der Waals surface area contributed by atoms with Gasteiger partial charge in [-0.3, -0.25) is 9.89 Å². The molecular formula is C17H25FN4O. The third kappa shape index (κ3) is 4.20. The molecule has 2 heterocycles. The standard InChI is InChI=1S/C17H25FN4O/c1-19-17(20-12-14-3-2-4-15(18)11-14)22-6-5-16(13-22)21-7-9-23-10-8-21/h2-4,11,16H,5-10,12-13H2,1H3,(H,19,20). The zero-order chi connectivity index (χ0) is 16.1. The van der Waals surface area contributed by atoms with E-state index in [2.05, 4.69) is 20.1 Å². The highest BCUT2D eigenvalue weighted by Crippen LogP contribution is 2.17. The summed E-state index contributed by atoms with van der Waals surface area (Å²) in [7, 11) is 1.80. The Labute approximate surface area is 137 Å². The van der Waals surface area contributed by atoms with Gasteiger partial charge >= 0.3 is 0 Å². The van der Waals surface area contributed by atoms with Crippen LogP contribution >= 0.6 is 0 Å². The van der Waals surface area contributed by atoms with Crippen LogP contribution in [0.4, 0.5) is 4.39 Å². The molecule has 1 atom stereocenters. The molecule has 1 N–H and O–H groups in total. The summed E-state index contributed by atoms with van der Waals surface area (Å²) in [5, 5.41) is 3.34. The molecule has 0 saturated carbocycles. The number of halogens is 1. The average Bonchev–Trinajstić information content (AvgIpc) is 3.06. The van der Waals surface area contributed by atoms with Crippen molar-refractivity contribution < 1.29 is 9.13 Å². The van der Waals surface area contributed by atoms with Crippen molar-refractivity contribution in [3.05, 3.63) is 35.6 Å². The molecule has 23 heavy (non-hydrogen) atoms. The van der Waals surface area contributed by atoms with E-state index in [4.69, 9.17) is 4.74 Å². The van der Waals surface area contributed by atoms with Crippen molar-refractivity contribution in [2.75, 3.05) is 46.4 Å². The van der Waals surface area contributed by atoms with Gasteiger partial charge < -0.3 is 15.0 Å². The maximum atomic E-state index is 13.2. The van der Waals surface area contributed by atoms with Gasteiger partial charge in [0.25, 0.3) is 0 Å². The number of rotatable bonds is 3. The number of nitrogens with zero attached hydrogens (tertiary/aromatic N) is 3. The van der Waals surface area contributed by atoms with Gasteiger partial charge in [0.1, 0.15) is 5.82 Å². The predicted molar refractivity (Wildman–Crippen MR) is 89.0 cm³/mol. The van der Waals surface area contributed by atoms with Crippen LogP contribution in [0.15, 0.2) is 29.3 Å². The third-order valence-corrected chi connectivity index (χ3v) is 4.58. The summed E-state index contributed by atoms with van der Waals surface area (Å²) in [6, 6.07) is 7.25. The van der Waals surface area contributed by atoms with Gasteiger partial charge in [-0.05, 0) is 24.1 Å². The number of benzene rings is 1. The minimum absolute atomic E-state index is 0.201. The fourth-order valence-corrected chi connectivity index (χ4v) is 3.34. The molecule has 0 spiro atoms. The normalized spacial score (nSPS) is 23.3. The van der Waals surface area contributed by atoms with Crippen molar-refractivity contribution in [3.63, 3.8) is 0 Å². The smallest absolute Gasteiger partial charge is 0.193 e. The first-order valence-corrected chi connectivity index (χ1v) is 8.28. The summed E-state index contributed by atoms with van der Waals surface area (Å²) in [4.78, 5) is 9.19. The molecule has 2 aliphatic rings. The van der Waals surface area contributed by atoms with E-state index < -0.39 is 0 Å². The first-order valence-electron chi connectivity index (χ1n) is 8.28. The first kappa shape index (κ1) is 16.2. The van der Waals surface area contributed by atoms with E-state index >= 15 is 0 Å². The quantitative estimate of drug-likeness (QED) is 0.673. The van der Waals surface area contributed by atoms with E-state index in [1.165, 1.54) is 6.07 Å². The van der Waals surface area contributed by atoms with Crippen LogP contribution in [-0.2, 0) is 11.3 Å². The van der Waals surface area contributed by atoms with E-state index in [-0.39, 0.29) is 5.82 Å². The summed E-state index contributed by atoms with van der Waals surface area (Å²) < 4.78 is 18.7. The van der Waals surface area contributed by atoms with Crippen LogP contribution in [-0.4, -0.2) is 68.2 Å². The van der Waals surface area contributed by atoms with E-state index in [1.807, 2.05) is 6.07 Å². The summed E-state index contributed by atoms with van der Waals surface area (Å²) in [5.41, 5.74) is 0.926. The lowest BCUT2D eigenvalue weighted by atomic mass is 10.2. The lowest BCUT2D eigenvalue weighted by Crippen LogP contribution is -2.46. The molecular weight excluding hydrogens is 295 g/mol. The van der Waals surface area contributed by atoms with Crippen molar-refractivity contribution in [1.82, 2.24) is 15.1 Å². The SMILES string of the molecule is CN=C(NCc1cccc(F)c1)N1CCC(N2CCOCC2)C1. The number of morpholine rings is 1. The lowest BCUT2D eigenvalue weighted by Gasteiger charge is -2.32. The zero-order valence-electron chi connectivity index (χ0n) is 13.7. The van der Waals surface area contributed by atoms with Gasteiger partial charge in [0.15, 0.2) is 5.96 Å². The van der Waals surface area contributed by atoms with Crippen LogP contribution in [0.2, 0.25) is 0 Å². The highest BCUT2D eigenvalue weighted by atomic mass is 19.1. The van der Waals surface area contributed by atoms with Gasteiger partial charge in [-0.25, -0.2) is 4.39 Å². The number of hydrogen-bond donors (Lipinski definition) is 1. The lowest BCUT2D eigenvalue weighted by molar-refractivity contribution is 0.0195. The second-order valence-corrected chi connectivity index (χ2v) is 6.07. The van der Waals surface area contributed by atoms with Crippen LogP contribution < -0.4 is 5.32 Å². The summed E-state index contributed by atoms with van der Waals surface area (Å²) >= 11 is 0. The minimum atomic E-state index is -0.201. The molecule has 0 bridgehead atoms. The fourth-order valence-electron chi connectivity index (χ4n) is 3.34. The number of ether oxygens (including phenoxy) is 1. The largest absolute Gasteiger partial charge is 0.379 e. The minimum Gasteiger partial charge on any atom is -0.379 e. The Morgan fingerprint density at radius 1 is 1.35 bits per heavy atom. The van der Waals surface area contributed by atoms with E-state index in [0.717, 1.165) is 57.3 Å². The van der Waals surface area contributed by atoms with Crippen molar-refractivity contribution in [3.8, 4) is 0 Å². The monoisotopic (exact) mass is 320 g/mol. The topological polar surface area (TPSA) is 40.1 Å². The molecule has 126 valence electrons. The van der Waals surface area contributed by atoms with Gasteiger partial charge in [-0.15, -0.1) is 0 Å². The van der Waals surface area contributed by atoms with Crippen molar-refractivity contribution >= 4 is 5.96 Å². The Hall–Kier alpha value is -1.66. The molecule has 0 aliphatic carbocycles. The fraction of sp³-hybridized carbons (Fsp3) is 0.588. The molecule has 1 aromatic carbocycles. The van der Waals surface area contributed by atoms with Crippen LogP contribution in [0, 0.1) is 5.82 Å². The summed E-state index contributed by atoms with van der Waals surface area (Å²) in [6.07, 6.45) is 1.15. The molecule has 0 amide bonds. The zero-order valence-corrected chi connectivity index (χ0v) is 13.7. The van der Waals surface area contributed by atoms with Gasteiger partial charge in [0.2, 0.25) is 0 Å². The van der Waals surface area contributed by atoms with Crippen molar-refractivity contribution in [1.29, 1.82) is 0 Å². The highest BCUT2D eigenvalue weighted by molar-refractivity contribution is 5.80. The molecule has 0 radical (unpaired) electrons. The summed E-state index contributed by atoms with van der Waals surface area (Å²) in [5.74, 6) is 0.692. The number of likely N-dealkylation sites (tertiary alicyclic amines) is 1. The maximum absolute atomic E-state index is 13.2. The van der Waals surface area contributed by atoms with Crippen LogP contribution in [0.25, 0.3) is 0 Å². The van der Waals surface area contributed by atoms with Crippen molar-refractivity contribution in [2.45, 2.75) is 19.0 Å². The molecule has 6 heteroatoms. The Bertz CT molecular complexity index is 545.